The van der Waals surface area contributed by atoms with Crippen molar-refractivity contribution < 1.29 is 28.9 Å². The lowest BCUT2D eigenvalue weighted by atomic mass is 9.94. The van der Waals surface area contributed by atoms with Crippen LogP contribution in [0.4, 0.5) is 0 Å². The molecule has 194 valence electrons. The van der Waals surface area contributed by atoms with Crippen LogP contribution in [0.2, 0.25) is 0 Å². The van der Waals surface area contributed by atoms with Gasteiger partial charge in [0.1, 0.15) is 11.5 Å². The number of methoxy groups -OCH3 is 2. The molecule has 1 fully saturated rings. The molecule has 0 unspecified atom stereocenters. The molecule has 0 bridgehead atoms. The fourth-order valence-electron chi connectivity index (χ4n) is 4.23. The Morgan fingerprint density at radius 1 is 1.03 bits per heavy atom. The molecule has 0 aliphatic carbocycles. The Morgan fingerprint density at radius 3 is 2.33 bits per heavy atom. The smallest absolute Gasteiger partial charge is 0.295 e. The predicted molar refractivity (Wildman–Crippen MR) is 139 cm³/mol. The van der Waals surface area contributed by atoms with Crippen molar-refractivity contribution in [1.29, 1.82) is 0 Å². The van der Waals surface area contributed by atoms with E-state index >= 15 is 0 Å². The highest BCUT2D eigenvalue weighted by atomic mass is 16.5. The third kappa shape index (κ3) is 5.65. The first kappa shape index (κ1) is 27.1. The number of aliphatic hydroxyl groups is 1. The molecule has 2 aromatic rings. The number of unbranched alkanes of at least 4 members (excludes halogenated alkanes) is 1. The summed E-state index contributed by atoms with van der Waals surface area (Å²) in [5.74, 6) is 0.145. The van der Waals surface area contributed by atoms with Crippen LogP contribution >= 0.6 is 0 Å². The fourth-order valence-corrected chi connectivity index (χ4v) is 4.23. The lowest BCUT2D eigenvalue weighted by Gasteiger charge is -2.27. The Morgan fingerprint density at radius 2 is 1.72 bits per heavy atom. The van der Waals surface area contributed by atoms with E-state index in [1.807, 2.05) is 25.9 Å². The van der Waals surface area contributed by atoms with Crippen LogP contribution < -0.4 is 14.2 Å². The number of carbonyl (C=O) groups excluding carboxylic acids is 2. The number of Topliss-reactive ketones (excluding diaryl/α,β-unsaturated/α-hetero) is 1. The summed E-state index contributed by atoms with van der Waals surface area (Å²) in [5.41, 5.74) is 1.97. The molecule has 0 aromatic heterocycles. The van der Waals surface area contributed by atoms with Crippen molar-refractivity contribution in [3.8, 4) is 17.2 Å². The summed E-state index contributed by atoms with van der Waals surface area (Å²) in [6.45, 7) is 5.47. The van der Waals surface area contributed by atoms with E-state index in [2.05, 4.69) is 6.92 Å². The zero-order valence-electron chi connectivity index (χ0n) is 22.0. The highest BCUT2D eigenvalue weighted by molar-refractivity contribution is 6.46. The first-order valence-corrected chi connectivity index (χ1v) is 12.1. The van der Waals surface area contributed by atoms with Gasteiger partial charge < -0.3 is 29.1 Å². The van der Waals surface area contributed by atoms with Crippen molar-refractivity contribution in [1.82, 2.24) is 9.80 Å². The summed E-state index contributed by atoms with van der Waals surface area (Å²) in [7, 11) is 6.86. The van der Waals surface area contributed by atoms with Gasteiger partial charge in [0.05, 0.1) is 32.4 Å². The Balaban J connectivity index is 2.11. The molecule has 1 N–H and O–H groups in total. The molecule has 0 spiro atoms. The molecule has 1 atom stereocenters. The van der Waals surface area contributed by atoms with E-state index < -0.39 is 17.7 Å². The van der Waals surface area contributed by atoms with Crippen LogP contribution in [0, 0.1) is 6.92 Å². The zero-order valence-corrected chi connectivity index (χ0v) is 22.0. The summed E-state index contributed by atoms with van der Waals surface area (Å²) in [6.07, 6.45) is 1.98. The second kappa shape index (κ2) is 11.9. The maximum atomic E-state index is 13.3. The third-order valence-corrected chi connectivity index (χ3v) is 6.26. The largest absolute Gasteiger partial charge is 0.507 e. The number of likely N-dealkylation sites (N-methyl/N-ethyl adjacent to an activating group) is 1. The summed E-state index contributed by atoms with van der Waals surface area (Å²) in [6, 6.07) is 9.74. The number of rotatable bonds is 11. The van der Waals surface area contributed by atoms with E-state index in [1.165, 1.54) is 12.0 Å². The van der Waals surface area contributed by atoms with E-state index in [-0.39, 0.29) is 11.3 Å². The molecule has 0 saturated carbocycles. The quantitative estimate of drug-likeness (QED) is 0.216. The number of nitrogens with zero attached hydrogens (tertiary/aromatic N) is 2. The first-order valence-electron chi connectivity index (χ1n) is 12.1. The van der Waals surface area contributed by atoms with Crippen LogP contribution in [0.5, 0.6) is 17.2 Å². The van der Waals surface area contributed by atoms with E-state index in [4.69, 9.17) is 14.2 Å². The van der Waals surface area contributed by atoms with Crippen molar-refractivity contribution in [3.63, 3.8) is 0 Å². The van der Waals surface area contributed by atoms with E-state index in [1.54, 1.807) is 43.5 Å². The summed E-state index contributed by atoms with van der Waals surface area (Å²) in [4.78, 5) is 29.8. The number of ether oxygens (including phenoxy) is 3. The Hall–Kier alpha value is -3.52. The summed E-state index contributed by atoms with van der Waals surface area (Å²) >= 11 is 0. The van der Waals surface area contributed by atoms with Crippen LogP contribution in [-0.2, 0) is 9.59 Å². The monoisotopic (exact) mass is 496 g/mol. The molecule has 1 aliphatic rings. The average Bonchev–Trinajstić information content (AvgIpc) is 3.12. The van der Waals surface area contributed by atoms with Gasteiger partial charge in [0.15, 0.2) is 11.5 Å². The van der Waals surface area contributed by atoms with E-state index in [9.17, 15) is 14.7 Å². The molecule has 1 saturated heterocycles. The molecular formula is C28H36N2O6. The number of benzene rings is 2. The second-order valence-electron chi connectivity index (χ2n) is 9.09. The lowest BCUT2D eigenvalue weighted by molar-refractivity contribution is -0.140. The van der Waals surface area contributed by atoms with E-state index in [0.29, 0.717) is 42.3 Å². The number of hydrogen-bond acceptors (Lipinski definition) is 7. The van der Waals surface area contributed by atoms with Gasteiger partial charge in [-0.2, -0.15) is 0 Å². The van der Waals surface area contributed by atoms with Gasteiger partial charge in [-0.15, -0.1) is 0 Å². The number of amides is 1. The van der Waals surface area contributed by atoms with Crippen molar-refractivity contribution >= 4 is 17.4 Å². The van der Waals surface area contributed by atoms with Crippen molar-refractivity contribution in [2.45, 2.75) is 32.7 Å². The normalized spacial score (nSPS) is 17.1. The van der Waals surface area contributed by atoms with Gasteiger partial charge in [0.25, 0.3) is 11.7 Å². The number of hydrogen-bond donors (Lipinski definition) is 1. The van der Waals surface area contributed by atoms with Gasteiger partial charge in [-0.05, 0) is 68.9 Å². The molecule has 1 heterocycles. The molecule has 1 aliphatic heterocycles. The van der Waals surface area contributed by atoms with Crippen LogP contribution in [0.3, 0.4) is 0 Å². The van der Waals surface area contributed by atoms with Crippen LogP contribution in [0.15, 0.2) is 42.0 Å². The van der Waals surface area contributed by atoms with Gasteiger partial charge in [-0.3, -0.25) is 9.59 Å². The molecule has 0 radical (unpaired) electrons. The van der Waals surface area contributed by atoms with Gasteiger partial charge in [0, 0.05) is 18.7 Å². The fraction of sp³-hybridized carbons (Fsp3) is 0.429. The number of aryl methyl sites for hydroxylation is 1. The Kier molecular flexibility index (Phi) is 8.98. The number of carbonyl (C=O) groups is 2. The minimum absolute atomic E-state index is 0.0463. The average molecular weight is 497 g/mol. The highest BCUT2D eigenvalue weighted by Gasteiger charge is 2.46. The zero-order chi connectivity index (χ0) is 26.4. The third-order valence-electron chi connectivity index (χ3n) is 6.26. The van der Waals surface area contributed by atoms with Crippen LogP contribution in [-0.4, -0.2) is 74.6 Å². The molecule has 2 aromatic carbocycles. The SMILES string of the molecule is CCCCOc1ccc(/C(O)=C2\C(=O)C(=O)N(CCN(C)C)[C@H]2c2ccc(OC)c(OC)c2)cc1C. The Bertz CT molecular complexity index is 1140. The van der Waals surface area contributed by atoms with Gasteiger partial charge in [0.2, 0.25) is 0 Å². The van der Waals surface area contributed by atoms with Crippen LogP contribution in [0.1, 0.15) is 42.5 Å². The highest BCUT2D eigenvalue weighted by Crippen LogP contribution is 2.42. The molecule has 36 heavy (non-hydrogen) atoms. The maximum absolute atomic E-state index is 13.3. The van der Waals surface area contributed by atoms with Crippen molar-refractivity contribution in [2.75, 3.05) is 48.0 Å². The number of likely N-dealkylation sites (tertiary alicyclic amines) is 1. The molecule has 3 rings (SSSR count). The number of ketones is 1. The van der Waals surface area contributed by atoms with Gasteiger partial charge in [-0.1, -0.05) is 19.4 Å². The summed E-state index contributed by atoms with van der Waals surface area (Å²) in [5, 5.41) is 11.4. The number of aliphatic hydroxyl groups excluding tert-OH is 1. The van der Waals surface area contributed by atoms with Crippen molar-refractivity contribution in [3.05, 3.63) is 58.7 Å². The standard InChI is InChI=1S/C28H36N2O6/c1-7-8-15-36-21-11-10-20(16-18(21)2)26(31)24-25(19-9-12-22(34-5)23(17-19)35-6)30(14-13-29(3)4)28(33)27(24)32/h9-12,16-17,25,31H,7-8,13-15H2,1-6H3/b26-24+/t25-/m0/s1. The minimum atomic E-state index is -0.773. The van der Waals surface area contributed by atoms with Crippen molar-refractivity contribution in [2.24, 2.45) is 0 Å². The first-order chi connectivity index (χ1) is 17.2. The molecule has 8 nitrogen and oxygen atoms in total. The maximum Gasteiger partial charge on any atom is 0.295 e. The molecule has 8 heteroatoms. The Labute approximate surface area is 213 Å². The topological polar surface area (TPSA) is 88.5 Å². The molecule has 1 amide bonds. The molecular weight excluding hydrogens is 460 g/mol. The predicted octanol–water partition coefficient (Wildman–Crippen LogP) is 4.17. The van der Waals surface area contributed by atoms with Crippen LogP contribution in [0.25, 0.3) is 5.76 Å². The summed E-state index contributed by atoms with van der Waals surface area (Å²) < 4.78 is 16.6. The van der Waals surface area contributed by atoms with Gasteiger partial charge >= 0.3 is 0 Å². The second-order valence-corrected chi connectivity index (χ2v) is 9.09. The van der Waals surface area contributed by atoms with E-state index in [0.717, 1.165) is 24.2 Å². The lowest BCUT2D eigenvalue weighted by Crippen LogP contribution is -2.35. The van der Waals surface area contributed by atoms with Gasteiger partial charge in [-0.25, -0.2) is 0 Å². The minimum Gasteiger partial charge on any atom is -0.507 e.